The molecule has 0 unspecified atom stereocenters. The number of aliphatic hydroxyl groups is 1. The van der Waals surface area contributed by atoms with Crippen LogP contribution in [0.15, 0.2) is 48.5 Å². The Labute approximate surface area is 137 Å². The van der Waals surface area contributed by atoms with Crippen molar-refractivity contribution in [3.8, 4) is 11.5 Å². The van der Waals surface area contributed by atoms with E-state index in [1.807, 2.05) is 51.1 Å². The van der Waals surface area contributed by atoms with Crippen LogP contribution in [0.2, 0.25) is 0 Å². The monoisotopic (exact) mass is 316 g/mol. The van der Waals surface area contributed by atoms with Gasteiger partial charge in [-0.1, -0.05) is 30.3 Å². The summed E-state index contributed by atoms with van der Waals surface area (Å²) in [5.74, 6) is 0.407. The summed E-state index contributed by atoms with van der Waals surface area (Å²) >= 11 is 0. The van der Waals surface area contributed by atoms with E-state index in [0.29, 0.717) is 30.6 Å². The van der Waals surface area contributed by atoms with Gasteiger partial charge in [0.1, 0.15) is 6.29 Å². The van der Waals surface area contributed by atoms with Gasteiger partial charge in [-0.3, -0.25) is 4.79 Å². The van der Waals surface area contributed by atoms with Crippen molar-refractivity contribution in [2.45, 2.75) is 32.8 Å². The number of aldehydes is 1. The van der Waals surface area contributed by atoms with Crippen molar-refractivity contribution in [1.29, 1.82) is 0 Å². The zero-order chi connectivity index (χ0) is 17.3. The minimum absolute atomic E-state index is 0.0578. The van der Waals surface area contributed by atoms with Gasteiger partial charge in [-0.25, -0.2) is 0 Å². The molecule has 124 valence electrons. The van der Waals surface area contributed by atoms with E-state index >= 15 is 0 Å². The van der Waals surface area contributed by atoms with Crippen molar-refractivity contribution in [3.63, 3.8) is 0 Å². The smallest absolute Gasteiger partial charge is 0.161 e. The van der Waals surface area contributed by atoms with Crippen LogP contribution in [0.4, 0.5) is 0 Å². The molecule has 0 aliphatic rings. The van der Waals surface area contributed by atoms with Crippen LogP contribution in [0.25, 0.3) is 0 Å². The summed E-state index contributed by atoms with van der Waals surface area (Å²) in [6.07, 6.45) is 1.43. The average Bonchev–Trinajstić information content (AvgIpc) is 2.50. The van der Waals surface area contributed by atoms with E-state index in [4.69, 9.17) is 4.74 Å². The maximum atomic E-state index is 10.3. The maximum Gasteiger partial charge on any atom is 0.161 e. The van der Waals surface area contributed by atoms with Gasteiger partial charge in [0, 0.05) is 12.0 Å². The Morgan fingerprint density at radius 1 is 1.13 bits per heavy atom. The third-order valence-electron chi connectivity index (χ3n) is 2.90. The van der Waals surface area contributed by atoms with Crippen LogP contribution < -0.4 is 4.74 Å². The number of hydrogen-bond acceptors (Lipinski definition) is 4. The molecule has 0 aliphatic carbocycles. The molecule has 2 aromatic carbocycles. The first-order valence-corrected chi connectivity index (χ1v) is 7.53. The number of rotatable bonds is 5. The van der Waals surface area contributed by atoms with E-state index < -0.39 is 5.60 Å². The van der Waals surface area contributed by atoms with E-state index in [1.165, 1.54) is 23.8 Å². The van der Waals surface area contributed by atoms with E-state index in [-0.39, 0.29) is 5.75 Å². The second kappa shape index (κ2) is 8.96. The van der Waals surface area contributed by atoms with Crippen LogP contribution in [-0.4, -0.2) is 28.7 Å². The number of carbonyl (C=O) groups excluding carboxylic acids is 1. The topological polar surface area (TPSA) is 66.8 Å². The maximum absolute atomic E-state index is 10.3. The SMILES string of the molecule is CC(C)(O)Cc1ccccc1.CCOc1cc(C=O)ccc1O. The fraction of sp³-hybridized carbons (Fsp3) is 0.316. The number of benzene rings is 2. The Morgan fingerprint density at radius 3 is 2.30 bits per heavy atom. The van der Waals surface area contributed by atoms with Gasteiger partial charge in [-0.05, 0) is 44.5 Å². The highest BCUT2D eigenvalue weighted by molar-refractivity contribution is 5.76. The minimum atomic E-state index is -0.596. The van der Waals surface area contributed by atoms with Gasteiger partial charge in [0.05, 0.1) is 12.2 Å². The molecule has 0 fully saturated rings. The molecular weight excluding hydrogens is 292 g/mol. The summed E-state index contributed by atoms with van der Waals surface area (Å²) in [7, 11) is 0. The second-order valence-electron chi connectivity index (χ2n) is 5.75. The normalized spacial score (nSPS) is 10.4. The lowest BCUT2D eigenvalue weighted by Gasteiger charge is -2.16. The summed E-state index contributed by atoms with van der Waals surface area (Å²) in [5, 5.41) is 18.7. The van der Waals surface area contributed by atoms with Gasteiger partial charge in [-0.2, -0.15) is 0 Å². The molecule has 0 aliphatic heterocycles. The summed E-state index contributed by atoms with van der Waals surface area (Å²) in [6.45, 7) is 5.92. The molecule has 0 saturated carbocycles. The Hall–Kier alpha value is -2.33. The second-order valence-corrected chi connectivity index (χ2v) is 5.75. The molecule has 0 amide bonds. The van der Waals surface area contributed by atoms with Crippen LogP contribution >= 0.6 is 0 Å². The van der Waals surface area contributed by atoms with Gasteiger partial charge in [0.15, 0.2) is 11.5 Å². The van der Waals surface area contributed by atoms with Crippen molar-refractivity contribution in [1.82, 2.24) is 0 Å². The van der Waals surface area contributed by atoms with Crippen molar-refractivity contribution in [3.05, 3.63) is 59.7 Å². The number of hydrogen-bond donors (Lipinski definition) is 2. The highest BCUT2D eigenvalue weighted by atomic mass is 16.5. The van der Waals surface area contributed by atoms with Crippen LogP contribution in [0.3, 0.4) is 0 Å². The van der Waals surface area contributed by atoms with Gasteiger partial charge >= 0.3 is 0 Å². The first kappa shape index (κ1) is 18.7. The quantitative estimate of drug-likeness (QED) is 0.827. The number of phenols is 1. The first-order chi connectivity index (χ1) is 10.9. The third-order valence-corrected chi connectivity index (χ3v) is 2.90. The molecule has 0 saturated heterocycles. The van der Waals surface area contributed by atoms with E-state index in [0.717, 1.165) is 0 Å². The summed E-state index contributed by atoms with van der Waals surface area (Å²) in [4.78, 5) is 10.3. The fourth-order valence-electron chi connectivity index (χ4n) is 1.97. The lowest BCUT2D eigenvalue weighted by Crippen LogP contribution is -2.21. The van der Waals surface area contributed by atoms with Crippen molar-refractivity contribution < 1.29 is 19.7 Å². The third kappa shape index (κ3) is 7.47. The summed E-state index contributed by atoms with van der Waals surface area (Å²) in [6, 6.07) is 14.5. The zero-order valence-corrected chi connectivity index (χ0v) is 13.8. The summed E-state index contributed by atoms with van der Waals surface area (Å²) in [5.41, 5.74) is 1.08. The molecule has 2 aromatic rings. The molecular formula is C19H24O4. The number of ether oxygens (including phenoxy) is 1. The predicted molar refractivity (Wildman–Crippen MR) is 91.1 cm³/mol. The lowest BCUT2D eigenvalue weighted by atomic mass is 9.99. The molecule has 23 heavy (non-hydrogen) atoms. The standard InChI is InChI=1S/C10H14O.C9H10O3/c1-10(2,11)8-9-6-4-3-5-7-9;1-2-12-9-5-7(6-10)3-4-8(9)11/h3-7,11H,8H2,1-2H3;3-6,11H,2H2,1H3. The summed E-state index contributed by atoms with van der Waals surface area (Å²) < 4.78 is 5.07. The average molecular weight is 316 g/mol. The van der Waals surface area contributed by atoms with Crippen LogP contribution in [0.5, 0.6) is 11.5 Å². The molecule has 0 spiro atoms. The van der Waals surface area contributed by atoms with Crippen molar-refractivity contribution in [2.75, 3.05) is 6.61 Å². The molecule has 2 rings (SSSR count). The Kier molecular flexibility index (Phi) is 7.29. The van der Waals surface area contributed by atoms with Crippen LogP contribution in [-0.2, 0) is 6.42 Å². The predicted octanol–water partition coefficient (Wildman–Crippen LogP) is 3.60. The zero-order valence-electron chi connectivity index (χ0n) is 13.8. The highest BCUT2D eigenvalue weighted by Gasteiger charge is 2.12. The largest absolute Gasteiger partial charge is 0.504 e. The molecule has 0 aromatic heterocycles. The molecule has 4 heteroatoms. The molecule has 4 nitrogen and oxygen atoms in total. The van der Waals surface area contributed by atoms with Gasteiger partial charge in [-0.15, -0.1) is 0 Å². The Balaban J connectivity index is 0.000000231. The Morgan fingerprint density at radius 2 is 1.78 bits per heavy atom. The highest BCUT2D eigenvalue weighted by Crippen LogP contribution is 2.25. The molecule has 0 radical (unpaired) electrons. The first-order valence-electron chi connectivity index (χ1n) is 7.53. The van der Waals surface area contributed by atoms with Gasteiger partial charge in [0.2, 0.25) is 0 Å². The van der Waals surface area contributed by atoms with Crippen LogP contribution in [0, 0.1) is 0 Å². The Bertz CT molecular complexity index is 601. The lowest BCUT2D eigenvalue weighted by molar-refractivity contribution is 0.0810. The molecule has 0 heterocycles. The number of aromatic hydroxyl groups is 1. The fourth-order valence-corrected chi connectivity index (χ4v) is 1.97. The molecule has 2 N–H and O–H groups in total. The van der Waals surface area contributed by atoms with E-state index in [9.17, 15) is 15.0 Å². The minimum Gasteiger partial charge on any atom is -0.504 e. The van der Waals surface area contributed by atoms with E-state index in [2.05, 4.69) is 0 Å². The van der Waals surface area contributed by atoms with Crippen LogP contribution in [0.1, 0.15) is 36.7 Å². The van der Waals surface area contributed by atoms with Crippen molar-refractivity contribution in [2.24, 2.45) is 0 Å². The number of carbonyl (C=O) groups is 1. The van der Waals surface area contributed by atoms with E-state index in [1.54, 1.807) is 0 Å². The van der Waals surface area contributed by atoms with Gasteiger partial charge in [0.25, 0.3) is 0 Å². The number of phenolic OH excluding ortho intramolecular Hbond substituents is 1. The molecule has 0 bridgehead atoms. The van der Waals surface area contributed by atoms with Gasteiger partial charge < -0.3 is 14.9 Å². The van der Waals surface area contributed by atoms with Crippen molar-refractivity contribution >= 4 is 6.29 Å². The molecule has 0 atom stereocenters.